The maximum absolute atomic E-state index is 12.3. The zero-order valence-corrected chi connectivity index (χ0v) is 18.2. The third kappa shape index (κ3) is 6.06. The summed E-state index contributed by atoms with van der Waals surface area (Å²) >= 11 is 0. The van der Waals surface area contributed by atoms with E-state index in [4.69, 9.17) is 4.74 Å². The smallest absolute Gasteiger partial charge is 0.326 e. The Morgan fingerprint density at radius 2 is 1.84 bits per heavy atom. The van der Waals surface area contributed by atoms with E-state index in [-0.39, 0.29) is 24.4 Å². The molecule has 8 nitrogen and oxygen atoms in total. The van der Waals surface area contributed by atoms with Gasteiger partial charge in [-0.05, 0) is 56.4 Å². The number of nitrogens with one attached hydrogen (secondary N) is 2. The van der Waals surface area contributed by atoms with Gasteiger partial charge in [-0.2, -0.15) is 0 Å². The zero-order chi connectivity index (χ0) is 22.4. The molecule has 1 aliphatic carbocycles. The van der Waals surface area contributed by atoms with Crippen LogP contribution in [0.15, 0.2) is 24.3 Å². The first-order valence-electron chi connectivity index (χ1n) is 11.0. The number of nitrogens with zero attached hydrogens (tertiary/aromatic N) is 1. The summed E-state index contributed by atoms with van der Waals surface area (Å²) in [6.45, 7) is 4.00. The van der Waals surface area contributed by atoms with Crippen LogP contribution in [0.3, 0.4) is 0 Å². The molecule has 1 aromatic rings. The van der Waals surface area contributed by atoms with E-state index in [1.54, 1.807) is 29.2 Å². The van der Waals surface area contributed by atoms with Crippen LogP contribution in [0.5, 0.6) is 0 Å². The van der Waals surface area contributed by atoms with Gasteiger partial charge in [0.2, 0.25) is 5.91 Å². The minimum Gasteiger partial charge on any atom is -0.451 e. The third-order valence-electron chi connectivity index (χ3n) is 6.02. The Morgan fingerprint density at radius 1 is 1.13 bits per heavy atom. The Bertz CT molecular complexity index is 823. The summed E-state index contributed by atoms with van der Waals surface area (Å²) in [5.41, 5.74) is 1.13. The van der Waals surface area contributed by atoms with Crippen LogP contribution in [0.2, 0.25) is 0 Å². The molecule has 1 saturated heterocycles. The van der Waals surface area contributed by atoms with E-state index in [0.29, 0.717) is 24.4 Å². The largest absolute Gasteiger partial charge is 0.451 e. The first-order chi connectivity index (χ1) is 14.8. The molecule has 0 bridgehead atoms. The van der Waals surface area contributed by atoms with Gasteiger partial charge in [0, 0.05) is 30.3 Å². The average Bonchev–Trinajstić information content (AvgIpc) is 3.19. The van der Waals surface area contributed by atoms with Crippen molar-refractivity contribution in [2.75, 3.05) is 18.0 Å². The van der Waals surface area contributed by atoms with Crippen molar-refractivity contribution in [3.8, 4) is 0 Å². The molecule has 2 fully saturated rings. The van der Waals surface area contributed by atoms with Gasteiger partial charge in [-0.1, -0.05) is 19.8 Å². The van der Waals surface area contributed by atoms with Crippen LogP contribution in [0.4, 0.5) is 5.69 Å². The number of esters is 1. The topological polar surface area (TPSA) is 105 Å². The first kappa shape index (κ1) is 22.8. The molecule has 168 valence electrons. The average molecular weight is 430 g/mol. The fourth-order valence-electron chi connectivity index (χ4n) is 4.09. The summed E-state index contributed by atoms with van der Waals surface area (Å²) in [5, 5.41) is 5.47. The van der Waals surface area contributed by atoms with Crippen molar-refractivity contribution in [3.05, 3.63) is 29.8 Å². The van der Waals surface area contributed by atoms with Crippen LogP contribution in [0, 0.1) is 5.92 Å². The lowest BCUT2D eigenvalue weighted by atomic mass is 9.86. The Balaban J connectivity index is 1.42. The summed E-state index contributed by atoms with van der Waals surface area (Å²) in [5.74, 6) is -0.923. The second kappa shape index (κ2) is 10.4. The summed E-state index contributed by atoms with van der Waals surface area (Å²) in [6.07, 6.45) is 4.74. The van der Waals surface area contributed by atoms with E-state index in [2.05, 4.69) is 17.6 Å². The van der Waals surface area contributed by atoms with E-state index in [1.165, 1.54) is 13.3 Å². The minimum absolute atomic E-state index is 0.0797. The number of hydrogen-bond acceptors (Lipinski definition) is 5. The summed E-state index contributed by atoms with van der Waals surface area (Å²) in [6, 6.07) is 6.77. The molecule has 31 heavy (non-hydrogen) atoms. The number of amides is 3. The predicted molar refractivity (Wildman–Crippen MR) is 115 cm³/mol. The summed E-state index contributed by atoms with van der Waals surface area (Å²) in [4.78, 5) is 50.1. The van der Waals surface area contributed by atoms with Gasteiger partial charge in [0.1, 0.15) is 6.54 Å². The zero-order valence-electron chi connectivity index (χ0n) is 18.2. The number of carbonyl (C=O) groups excluding carboxylic acids is 4. The van der Waals surface area contributed by atoms with Crippen molar-refractivity contribution < 1.29 is 23.9 Å². The number of carbonyl (C=O) groups is 4. The fourth-order valence-corrected chi connectivity index (χ4v) is 4.09. The van der Waals surface area contributed by atoms with E-state index in [0.717, 1.165) is 31.4 Å². The lowest BCUT2D eigenvalue weighted by molar-refractivity contribution is -0.154. The summed E-state index contributed by atoms with van der Waals surface area (Å²) in [7, 11) is 0. The Morgan fingerprint density at radius 3 is 2.48 bits per heavy atom. The van der Waals surface area contributed by atoms with Crippen LogP contribution in [0.1, 0.15) is 62.7 Å². The number of benzene rings is 1. The molecule has 0 radical (unpaired) electrons. The molecule has 1 aromatic carbocycles. The second-order valence-electron chi connectivity index (χ2n) is 8.39. The molecule has 3 amide bonds. The quantitative estimate of drug-likeness (QED) is 0.647. The van der Waals surface area contributed by atoms with E-state index >= 15 is 0 Å². The van der Waals surface area contributed by atoms with Gasteiger partial charge in [0.25, 0.3) is 11.8 Å². The molecule has 2 aliphatic rings. The molecule has 3 rings (SSSR count). The van der Waals surface area contributed by atoms with Crippen molar-refractivity contribution in [1.29, 1.82) is 0 Å². The highest BCUT2D eigenvalue weighted by molar-refractivity contribution is 5.98. The van der Waals surface area contributed by atoms with Crippen LogP contribution in [-0.2, 0) is 19.1 Å². The number of anilines is 1. The van der Waals surface area contributed by atoms with E-state index in [9.17, 15) is 19.2 Å². The number of rotatable bonds is 7. The van der Waals surface area contributed by atoms with E-state index < -0.39 is 18.0 Å². The monoisotopic (exact) mass is 429 g/mol. The highest BCUT2D eigenvalue weighted by Crippen LogP contribution is 2.24. The van der Waals surface area contributed by atoms with Crippen molar-refractivity contribution in [3.63, 3.8) is 0 Å². The molecular formula is C23H31N3O5. The molecule has 0 spiro atoms. The Labute approximate surface area is 182 Å². The van der Waals surface area contributed by atoms with Crippen LogP contribution in [-0.4, -0.2) is 48.9 Å². The minimum atomic E-state index is -0.921. The SMILES string of the molecule is C[C@@H](OC(=O)CNC(=O)c1ccc(N2CCCC2=O)cc1)C(=O)N[C@H]1CCCC[C@@H]1C. The lowest BCUT2D eigenvalue weighted by Gasteiger charge is -2.30. The fraction of sp³-hybridized carbons (Fsp3) is 0.565. The van der Waals surface area contributed by atoms with Crippen LogP contribution in [0.25, 0.3) is 0 Å². The first-order valence-corrected chi connectivity index (χ1v) is 11.0. The molecule has 3 atom stereocenters. The van der Waals surface area contributed by atoms with Gasteiger partial charge in [-0.15, -0.1) is 0 Å². The lowest BCUT2D eigenvalue weighted by Crippen LogP contribution is -2.46. The van der Waals surface area contributed by atoms with E-state index in [1.807, 2.05) is 0 Å². The Kier molecular flexibility index (Phi) is 7.65. The molecule has 1 heterocycles. The van der Waals surface area contributed by atoms with Gasteiger partial charge in [-0.3, -0.25) is 19.2 Å². The van der Waals surface area contributed by atoms with Gasteiger partial charge >= 0.3 is 5.97 Å². The molecule has 1 saturated carbocycles. The van der Waals surface area contributed by atoms with Crippen molar-refractivity contribution in [1.82, 2.24) is 10.6 Å². The van der Waals surface area contributed by atoms with Gasteiger partial charge < -0.3 is 20.3 Å². The third-order valence-corrected chi connectivity index (χ3v) is 6.02. The highest BCUT2D eigenvalue weighted by atomic mass is 16.5. The molecule has 0 unspecified atom stereocenters. The second-order valence-corrected chi connectivity index (χ2v) is 8.39. The molecule has 1 aliphatic heterocycles. The molecular weight excluding hydrogens is 398 g/mol. The predicted octanol–water partition coefficient (Wildman–Crippen LogP) is 2.17. The number of hydrogen-bond donors (Lipinski definition) is 2. The van der Waals surface area contributed by atoms with Gasteiger partial charge in [-0.25, -0.2) is 0 Å². The van der Waals surface area contributed by atoms with Crippen LogP contribution < -0.4 is 15.5 Å². The van der Waals surface area contributed by atoms with Crippen molar-refractivity contribution in [2.24, 2.45) is 5.92 Å². The van der Waals surface area contributed by atoms with Crippen molar-refractivity contribution >= 4 is 29.4 Å². The standard InChI is InChI=1S/C23H31N3O5/c1-15-6-3-4-7-19(15)25-22(29)16(2)31-21(28)14-24-23(30)17-9-11-18(12-10-17)26-13-5-8-20(26)27/h9-12,15-16,19H,3-8,13-14H2,1-2H3,(H,24,30)(H,25,29)/t15-,16+,19-/m0/s1. The summed E-state index contributed by atoms with van der Waals surface area (Å²) < 4.78 is 5.16. The highest BCUT2D eigenvalue weighted by Gasteiger charge is 2.26. The van der Waals surface area contributed by atoms with Gasteiger partial charge in [0.15, 0.2) is 6.10 Å². The Hall–Kier alpha value is -2.90. The normalized spacial score (nSPS) is 22.0. The van der Waals surface area contributed by atoms with Crippen molar-refractivity contribution in [2.45, 2.75) is 64.5 Å². The molecule has 8 heteroatoms. The number of ether oxygens (including phenoxy) is 1. The van der Waals surface area contributed by atoms with Crippen LogP contribution >= 0.6 is 0 Å². The van der Waals surface area contributed by atoms with Gasteiger partial charge in [0.05, 0.1) is 0 Å². The molecule has 2 N–H and O–H groups in total. The maximum atomic E-state index is 12.3. The molecule has 0 aromatic heterocycles. The maximum Gasteiger partial charge on any atom is 0.326 e.